The summed E-state index contributed by atoms with van der Waals surface area (Å²) in [6.07, 6.45) is 2.17. The molecule has 3 N–H and O–H groups in total. The Bertz CT molecular complexity index is 367. The number of aryl methyl sites for hydroxylation is 2. The Balaban J connectivity index is 0.00000289. The fourth-order valence-corrected chi connectivity index (χ4v) is 1.65. The lowest BCUT2D eigenvalue weighted by atomic mass is 10.1. The standard InChI is InChI=1S/C14H22N2O.ClH/c1-11-4-3-5-13(10-11)6-7-14(17)16-9-8-12(2)15;/h3-5,10,12H,6-9,15H2,1-2H3,(H,16,17);1H. The summed E-state index contributed by atoms with van der Waals surface area (Å²) in [6, 6.07) is 8.41. The van der Waals surface area contributed by atoms with Crippen molar-refractivity contribution in [2.75, 3.05) is 6.54 Å². The van der Waals surface area contributed by atoms with Crippen molar-refractivity contribution in [3.05, 3.63) is 35.4 Å². The molecule has 1 aromatic rings. The van der Waals surface area contributed by atoms with Gasteiger partial charge in [-0.15, -0.1) is 12.4 Å². The van der Waals surface area contributed by atoms with E-state index in [1.54, 1.807) is 0 Å². The number of nitrogens with one attached hydrogen (secondary N) is 1. The molecule has 0 aliphatic heterocycles. The molecule has 1 aromatic carbocycles. The van der Waals surface area contributed by atoms with Crippen LogP contribution in [0, 0.1) is 6.92 Å². The molecular formula is C14H23ClN2O. The number of carbonyl (C=O) groups is 1. The zero-order valence-corrected chi connectivity index (χ0v) is 11.9. The van der Waals surface area contributed by atoms with E-state index < -0.39 is 0 Å². The minimum atomic E-state index is 0. The van der Waals surface area contributed by atoms with Crippen LogP contribution >= 0.6 is 12.4 Å². The van der Waals surface area contributed by atoms with E-state index >= 15 is 0 Å². The second-order valence-corrected chi connectivity index (χ2v) is 4.60. The molecule has 0 saturated carbocycles. The molecule has 1 unspecified atom stereocenters. The number of halogens is 1. The molecule has 4 heteroatoms. The molecule has 102 valence electrons. The van der Waals surface area contributed by atoms with Crippen molar-refractivity contribution in [1.82, 2.24) is 5.32 Å². The fraction of sp³-hybridized carbons (Fsp3) is 0.500. The number of rotatable bonds is 6. The monoisotopic (exact) mass is 270 g/mol. The van der Waals surface area contributed by atoms with Gasteiger partial charge in [-0.3, -0.25) is 4.79 Å². The topological polar surface area (TPSA) is 55.1 Å². The molecule has 3 nitrogen and oxygen atoms in total. The highest BCUT2D eigenvalue weighted by Crippen LogP contribution is 2.06. The summed E-state index contributed by atoms with van der Waals surface area (Å²) in [5, 5.41) is 2.88. The van der Waals surface area contributed by atoms with Crippen molar-refractivity contribution in [2.45, 2.75) is 39.2 Å². The van der Waals surface area contributed by atoms with Crippen LogP contribution in [0.3, 0.4) is 0 Å². The fourth-order valence-electron chi connectivity index (χ4n) is 1.65. The number of hydrogen-bond acceptors (Lipinski definition) is 2. The van der Waals surface area contributed by atoms with Crippen molar-refractivity contribution >= 4 is 18.3 Å². The van der Waals surface area contributed by atoms with Gasteiger partial charge >= 0.3 is 0 Å². The van der Waals surface area contributed by atoms with Crippen LogP contribution in [0.4, 0.5) is 0 Å². The van der Waals surface area contributed by atoms with Crippen LogP contribution < -0.4 is 11.1 Å². The lowest BCUT2D eigenvalue weighted by Crippen LogP contribution is -2.29. The van der Waals surface area contributed by atoms with E-state index in [9.17, 15) is 4.79 Å². The molecule has 18 heavy (non-hydrogen) atoms. The first-order valence-corrected chi connectivity index (χ1v) is 6.16. The van der Waals surface area contributed by atoms with Crippen molar-refractivity contribution in [2.24, 2.45) is 5.73 Å². The smallest absolute Gasteiger partial charge is 0.220 e. The lowest BCUT2D eigenvalue weighted by Gasteiger charge is -2.07. The van der Waals surface area contributed by atoms with Crippen LogP contribution in [0.15, 0.2) is 24.3 Å². The van der Waals surface area contributed by atoms with Gasteiger partial charge in [0.15, 0.2) is 0 Å². The summed E-state index contributed by atoms with van der Waals surface area (Å²) in [5.41, 5.74) is 8.06. The van der Waals surface area contributed by atoms with Crippen molar-refractivity contribution < 1.29 is 4.79 Å². The molecule has 0 aliphatic rings. The predicted octanol–water partition coefficient (Wildman–Crippen LogP) is 2.20. The minimum absolute atomic E-state index is 0. The molecule has 0 aliphatic carbocycles. The summed E-state index contributed by atoms with van der Waals surface area (Å²) in [7, 11) is 0. The maximum atomic E-state index is 11.5. The van der Waals surface area contributed by atoms with E-state index in [4.69, 9.17) is 5.73 Å². The minimum Gasteiger partial charge on any atom is -0.356 e. The van der Waals surface area contributed by atoms with E-state index in [1.807, 2.05) is 13.0 Å². The van der Waals surface area contributed by atoms with Gasteiger partial charge in [-0.1, -0.05) is 29.8 Å². The third-order valence-electron chi connectivity index (χ3n) is 2.65. The Hall–Kier alpha value is -1.06. The molecular weight excluding hydrogens is 248 g/mol. The molecule has 0 radical (unpaired) electrons. The molecule has 1 rings (SSSR count). The Morgan fingerprint density at radius 3 is 2.78 bits per heavy atom. The van der Waals surface area contributed by atoms with Crippen LogP contribution in [-0.2, 0) is 11.2 Å². The second kappa shape index (κ2) is 8.95. The lowest BCUT2D eigenvalue weighted by molar-refractivity contribution is -0.121. The average molecular weight is 271 g/mol. The SMILES string of the molecule is Cc1cccc(CCC(=O)NCCC(C)N)c1.Cl. The van der Waals surface area contributed by atoms with Gasteiger partial charge in [-0.2, -0.15) is 0 Å². The van der Waals surface area contributed by atoms with Crippen LogP contribution in [0.25, 0.3) is 0 Å². The van der Waals surface area contributed by atoms with Crippen LogP contribution in [0.5, 0.6) is 0 Å². The zero-order valence-electron chi connectivity index (χ0n) is 11.1. The summed E-state index contributed by atoms with van der Waals surface area (Å²) >= 11 is 0. The highest BCUT2D eigenvalue weighted by atomic mass is 35.5. The zero-order chi connectivity index (χ0) is 12.7. The van der Waals surface area contributed by atoms with E-state index in [0.29, 0.717) is 13.0 Å². The first-order valence-electron chi connectivity index (χ1n) is 6.16. The molecule has 0 fully saturated rings. The number of hydrogen-bond donors (Lipinski definition) is 2. The predicted molar refractivity (Wildman–Crippen MR) is 78.0 cm³/mol. The van der Waals surface area contributed by atoms with Gasteiger partial charge in [-0.25, -0.2) is 0 Å². The molecule has 1 atom stereocenters. The van der Waals surface area contributed by atoms with Crippen molar-refractivity contribution in [3.8, 4) is 0 Å². The van der Waals surface area contributed by atoms with Crippen molar-refractivity contribution in [3.63, 3.8) is 0 Å². The molecule has 0 bridgehead atoms. The quantitative estimate of drug-likeness (QED) is 0.833. The van der Waals surface area contributed by atoms with Crippen LogP contribution in [-0.4, -0.2) is 18.5 Å². The molecule has 1 amide bonds. The van der Waals surface area contributed by atoms with Crippen LogP contribution in [0.2, 0.25) is 0 Å². The van der Waals surface area contributed by atoms with E-state index in [0.717, 1.165) is 12.8 Å². The highest BCUT2D eigenvalue weighted by Gasteiger charge is 2.02. The molecule has 0 heterocycles. The Labute approximate surface area is 116 Å². The Morgan fingerprint density at radius 1 is 1.44 bits per heavy atom. The van der Waals surface area contributed by atoms with Gasteiger partial charge in [0.1, 0.15) is 0 Å². The Kier molecular flexibility index (Phi) is 8.42. The van der Waals surface area contributed by atoms with Gasteiger partial charge in [0, 0.05) is 19.0 Å². The van der Waals surface area contributed by atoms with Crippen molar-refractivity contribution in [1.29, 1.82) is 0 Å². The maximum Gasteiger partial charge on any atom is 0.220 e. The van der Waals surface area contributed by atoms with Gasteiger partial charge in [-0.05, 0) is 32.3 Å². The Morgan fingerprint density at radius 2 is 2.17 bits per heavy atom. The van der Waals surface area contributed by atoms with E-state index in [-0.39, 0.29) is 24.4 Å². The molecule has 0 aromatic heterocycles. The number of benzene rings is 1. The number of nitrogens with two attached hydrogens (primary N) is 1. The van der Waals surface area contributed by atoms with Gasteiger partial charge in [0.05, 0.1) is 0 Å². The van der Waals surface area contributed by atoms with E-state index in [2.05, 4.69) is 30.4 Å². The van der Waals surface area contributed by atoms with E-state index in [1.165, 1.54) is 11.1 Å². The summed E-state index contributed by atoms with van der Waals surface area (Å²) < 4.78 is 0. The average Bonchev–Trinajstić information content (AvgIpc) is 2.26. The van der Waals surface area contributed by atoms with Gasteiger partial charge in [0.2, 0.25) is 5.91 Å². The van der Waals surface area contributed by atoms with Crippen LogP contribution in [0.1, 0.15) is 30.9 Å². The molecule has 0 saturated heterocycles. The summed E-state index contributed by atoms with van der Waals surface area (Å²) in [6.45, 7) is 4.68. The van der Waals surface area contributed by atoms with Gasteiger partial charge in [0.25, 0.3) is 0 Å². The first-order chi connectivity index (χ1) is 8.08. The summed E-state index contributed by atoms with van der Waals surface area (Å²) in [4.78, 5) is 11.5. The largest absolute Gasteiger partial charge is 0.356 e. The maximum absolute atomic E-state index is 11.5. The van der Waals surface area contributed by atoms with Gasteiger partial charge < -0.3 is 11.1 Å². The summed E-state index contributed by atoms with van der Waals surface area (Å²) in [5.74, 6) is 0.104. The number of amides is 1. The molecule has 0 spiro atoms. The third-order valence-corrected chi connectivity index (χ3v) is 2.65. The third kappa shape index (κ3) is 7.30. The number of carbonyl (C=O) groups excluding carboxylic acids is 1. The first kappa shape index (κ1) is 16.9. The normalized spacial score (nSPS) is 11.5. The highest BCUT2D eigenvalue weighted by molar-refractivity contribution is 5.85. The second-order valence-electron chi connectivity index (χ2n) is 4.60.